The number of thiophene rings is 1. The van der Waals surface area contributed by atoms with E-state index < -0.39 is 0 Å². The Hall–Kier alpha value is -2.64. The van der Waals surface area contributed by atoms with Crippen molar-refractivity contribution in [1.82, 2.24) is 15.6 Å². The number of hydrogen-bond acceptors (Lipinski definition) is 6. The van der Waals surface area contributed by atoms with Gasteiger partial charge in [-0.2, -0.15) is 0 Å². The Labute approximate surface area is 193 Å². The Kier molecular flexibility index (Phi) is 5.78. The summed E-state index contributed by atoms with van der Waals surface area (Å²) in [6, 6.07) is 14.2. The van der Waals surface area contributed by atoms with Crippen LogP contribution >= 0.6 is 11.3 Å². The van der Waals surface area contributed by atoms with Crippen LogP contribution in [-0.4, -0.2) is 49.2 Å². The molecule has 32 heavy (non-hydrogen) atoms. The topological polar surface area (TPSA) is 69.3 Å². The molecule has 1 aromatic carbocycles. The quantitative estimate of drug-likeness (QED) is 0.532. The molecule has 0 aliphatic carbocycles. The maximum absolute atomic E-state index is 13.0. The maximum Gasteiger partial charge on any atom is 0.263 e. The molecule has 1 amide bonds. The van der Waals surface area contributed by atoms with Crippen molar-refractivity contribution in [3.63, 3.8) is 0 Å². The first kappa shape index (κ1) is 21.2. The molecule has 2 aromatic heterocycles. The van der Waals surface area contributed by atoms with E-state index in [2.05, 4.69) is 57.0 Å². The molecule has 2 fully saturated rings. The molecular formula is C25H31N5OS. The van der Waals surface area contributed by atoms with Gasteiger partial charge in [0.25, 0.3) is 5.91 Å². The minimum atomic E-state index is -0.0459. The summed E-state index contributed by atoms with van der Waals surface area (Å²) in [5.41, 5.74) is 4.35. The Morgan fingerprint density at radius 1 is 1.19 bits per heavy atom. The number of anilines is 2. The van der Waals surface area contributed by atoms with Gasteiger partial charge in [0.15, 0.2) is 0 Å². The first-order valence-electron chi connectivity index (χ1n) is 11.5. The number of aromatic nitrogens is 1. The van der Waals surface area contributed by atoms with Crippen LogP contribution in [-0.2, 0) is 6.42 Å². The number of carbonyl (C=O) groups is 1. The number of amides is 1. The van der Waals surface area contributed by atoms with Gasteiger partial charge in [-0.25, -0.2) is 4.98 Å². The summed E-state index contributed by atoms with van der Waals surface area (Å²) >= 11 is 1.45. The molecule has 2 saturated heterocycles. The highest BCUT2D eigenvalue weighted by Crippen LogP contribution is 2.34. The molecule has 4 heterocycles. The standard InChI is InChI=1S/C25H31N5OS/c1-15-4-11-21-22(26-3)23(32-25(21)28-15)24(31)27-16(2)12-17-5-9-20(10-6-17)30-13-18-7-8-19(14-30)29-18/h4-6,9-11,16,18-19,26,29H,7-8,12-14H2,1-3H3,(H,27,31)/t16-,18-,19+/m1/s1. The smallest absolute Gasteiger partial charge is 0.263 e. The SMILES string of the molecule is CNc1c(C(=O)N[C@H](C)Cc2ccc(N3C[C@H]4CC[C@@H](C3)N4)cc2)sc2nc(C)ccc12. The zero-order chi connectivity index (χ0) is 22.2. The van der Waals surface area contributed by atoms with Crippen LogP contribution in [0.4, 0.5) is 11.4 Å². The third-order valence-corrected chi connectivity index (χ3v) is 7.69. The largest absolute Gasteiger partial charge is 0.386 e. The van der Waals surface area contributed by atoms with Crippen molar-refractivity contribution in [2.75, 3.05) is 30.4 Å². The Balaban J connectivity index is 1.23. The second kappa shape index (κ2) is 8.71. The predicted molar refractivity (Wildman–Crippen MR) is 133 cm³/mol. The van der Waals surface area contributed by atoms with Gasteiger partial charge in [-0.15, -0.1) is 11.3 Å². The summed E-state index contributed by atoms with van der Waals surface area (Å²) < 4.78 is 0. The van der Waals surface area contributed by atoms with Crippen LogP contribution in [0.3, 0.4) is 0 Å². The first-order valence-corrected chi connectivity index (χ1v) is 12.3. The van der Waals surface area contributed by atoms with Crippen LogP contribution in [0.2, 0.25) is 0 Å². The summed E-state index contributed by atoms with van der Waals surface area (Å²) in [5.74, 6) is -0.0459. The average Bonchev–Trinajstić information content (AvgIpc) is 3.32. The Morgan fingerprint density at radius 2 is 1.91 bits per heavy atom. The number of fused-ring (bicyclic) bond motifs is 3. The van der Waals surface area contributed by atoms with Gasteiger partial charge in [-0.3, -0.25) is 4.79 Å². The molecule has 0 saturated carbocycles. The monoisotopic (exact) mass is 449 g/mol. The summed E-state index contributed by atoms with van der Waals surface area (Å²) in [7, 11) is 1.85. The maximum atomic E-state index is 13.0. The third-order valence-electron chi connectivity index (χ3n) is 6.59. The lowest BCUT2D eigenvalue weighted by Crippen LogP contribution is -2.51. The first-order chi connectivity index (χ1) is 15.5. The predicted octanol–water partition coefficient (Wildman–Crippen LogP) is 3.95. The van der Waals surface area contributed by atoms with E-state index >= 15 is 0 Å². The summed E-state index contributed by atoms with van der Waals surface area (Å²) in [5, 5.41) is 11.1. The van der Waals surface area contributed by atoms with Crippen LogP contribution in [0.15, 0.2) is 36.4 Å². The number of piperazine rings is 1. The molecule has 2 aliphatic heterocycles. The fourth-order valence-electron chi connectivity index (χ4n) is 5.02. The summed E-state index contributed by atoms with van der Waals surface area (Å²) in [4.78, 5) is 21.7. The van der Waals surface area contributed by atoms with Crippen LogP contribution in [0.1, 0.15) is 40.7 Å². The van der Waals surface area contributed by atoms with E-state index in [0.29, 0.717) is 17.0 Å². The van der Waals surface area contributed by atoms with E-state index in [4.69, 9.17) is 0 Å². The van der Waals surface area contributed by atoms with Gasteiger partial charge in [0.2, 0.25) is 0 Å². The Morgan fingerprint density at radius 3 is 2.59 bits per heavy atom. The molecule has 7 heteroatoms. The minimum absolute atomic E-state index is 0.0352. The number of nitrogens with zero attached hydrogens (tertiary/aromatic N) is 2. The van der Waals surface area contributed by atoms with Crippen molar-refractivity contribution in [2.45, 2.75) is 51.2 Å². The van der Waals surface area contributed by atoms with Crippen molar-refractivity contribution in [1.29, 1.82) is 0 Å². The lowest BCUT2D eigenvalue weighted by molar-refractivity contribution is 0.0945. The molecule has 3 aromatic rings. The van der Waals surface area contributed by atoms with E-state index in [1.54, 1.807) is 0 Å². The van der Waals surface area contributed by atoms with Crippen molar-refractivity contribution in [2.24, 2.45) is 0 Å². The Bertz CT molecular complexity index is 1110. The van der Waals surface area contributed by atoms with E-state index in [0.717, 1.165) is 41.1 Å². The molecule has 2 aliphatic rings. The van der Waals surface area contributed by atoms with Crippen molar-refractivity contribution in [3.8, 4) is 0 Å². The fraction of sp³-hybridized carbons (Fsp3) is 0.440. The lowest BCUT2D eigenvalue weighted by Gasteiger charge is -2.34. The molecule has 3 N–H and O–H groups in total. The normalized spacial score (nSPS) is 21.0. The highest BCUT2D eigenvalue weighted by atomic mass is 32.1. The van der Waals surface area contributed by atoms with Gasteiger partial charge in [0.1, 0.15) is 9.71 Å². The number of rotatable bonds is 6. The lowest BCUT2D eigenvalue weighted by atomic mass is 10.1. The number of aryl methyl sites for hydroxylation is 1. The minimum Gasteiger partial charge on any atom is -0.386 e. The molecule has 3 atom stereocenters. The molecule has 2 bridgehead atoms. The number of pyridine rings is 1. The second-order valence-electron chi connectivity index (χ2n) is 9.15. The summed E-state index contributed by atoms with van der Waals surface area (Å²) in [6.45, 7) is 6.23. The van der Waals surface area contributed by atoms with Crippen molar-refractivity contribution in [3.05, 3.63) is 52.5 Å². The number of carbonyl (C=O) groups excluding carboxylic acids is 1. The zero-order valence-electron chi connectivity index (χ0n) is 18.9. The molecule has 0 spiro atoms. The van der Waals surface area contributed by atoms with Crippen molar-refractivity contribution >= 4 is 38.8 Å². The van der Waals surface area contributed by atoms with Crippen LogP contribution in [0.25, 0.3) is 10.2 Å². The van der Waals surface area contributed by atoms with Crippen molar-refractivity contribution < 1.29 is 4.79 Å². The second-order valence-corrected chi connectivity index (χ2v) is 10.1. The molecule has 0 unspecified atom stereocenters. The third kappa shape index (κ3) is 4.19. The summed E-state index contributed by atoms with van der Waals surface area (Å²) in [6.07, 6.45) is 3.39. The zero-order valence-corrected chi connectivity index (χ0v) is 19.8. The van der Waals surface area contributed by atoms with Gasteiger partial charge >= 0.3 is 0 Å². The van der Waals surface area contributed by atoms with Crippen LogP contribution < -0.4 is 20.9 Å². The average molecular weight is 450 g/mol. The van der Waals surface area contributed by atoms with Gasteiger partial charge in [0, 0.05) is 55.0 Å². The van der Waals surface area contributed by atoms with Gasteiger partial charge < -0.3 is 20.9 Å². The number of nitrogens with one attached hydrogen (secondary N) is 3. The van der Waals surface area contributed by atoms with E-state index in [9.17, 15) is 4.79 Å². The number of benzene rings is 1. The highest BCUT2D eigenvalue weighted by molar-refractivity contribution is 7.21. The van der Waals surface area contributed by atoms with Crippen LogP contribution in [0.5, 0.6) is 0 Å². The van der Waals surface area contributed by atoms with Crippen LogP contribution in [0, 0.1) is 6.92 Å². The number of hydrogen-bond donors (Lipinski definition) is 3. The molecule has 168 valence electrons. The molecule has 0 radical (unpaired) electrons. The fourth-order valence-corrected chi connectivity index (χ4v) is 6.15. The molecule has 5 rings (SSSR count). The van der Waals surface area contributed by atoms with Gasteiger partial charge in [-0.05, 0) is 62.9 Å². The highest BCUT2D eigenvalue weighted by Gasteiger charge is 2.32. The molecule has 6 nitrogen and oxygen atoms in total. The van der Waals surface area contributed by atoms with E-state index in [-0.39, 0.29) is 11.9 Å². The van der Waals surface area contributed by atoms with E-state index in [1.807, 2.05) is 26.1 Å². The van der Waals surface area contributed by atoms with E-state index in [1.165, 1.54) is 35.4 Å². The van der Waals surface area contributed by atoms with Gasteiger partial charge in [0.05, 0.1) is 5.69 Å². The van der Waals surface area contributed by atoms with Gasteiger partial charge in [-0.1, -0.05) is 12.1 Å². The molecular weight excluding hydrogens is 418 g/mol.